The van der Waals surface area contributed by atoms with Crippen LogP contribution >= 0.6 is 0 Å². The molecule has 1 spiro atoms. The van der Waals surface area contributed by atoms with Crippen molar-refractivity contribution in [1.82, 2.24) is 25.1 Å². The summed E-state index contributed by atoms with van der Waals surface area (Å²) < 4.78 is 11.6. The van der Waals surface area contributed by atoms with Crippen molar-refractivity contribution in [3.63, 3.8) is 0 Å². The quantitative estimate of drug-likeness (QED) is 0.714. The van der Waals surface area contributed by atoms with Crippen LogP contribution in [-0.2, 0) is 28.0 Å². The average Bonchev–Trinajstić information content (AvgIpc) is 3.28. The van der Waals surface area contributed by atoms with Crippen molar-refractivity contribution in [3.8, 4) is 5.88 Å². The molecule has 8 heteroatoms. The molecule has 2 aromatic heterocycles. The minimum atomic E-state index is -0.325. The maximum Gasteiger partial charge on any atom is 0.235 e. The van der Waals surface area contributed by atoms with E-state index in [4.69, 9.17) is 9.47 Å². The van der Waals surface area contributed by atoms with Gasteiger partial charge in [-0.15, -0.1) is 0 Å². The SMILES string of the molecule is COc1nc2ccccc2nc1CCC(=O)N1CCC2(CC1)OCCc1cn[nH]c12. The molecule has 0 atom stereocenters. The van der Waals surface area contributed by atoms with E-state index in [0.29, 0.717) is 38.4 Å². The van der Waals surface area contributed by atoms with Crippen LogP contribution in [-0.4, -0.2) is 57.8 Å². The van der Waals surface area contributed by atoms with Crippen molar-refractivity contribution in [2.24, 2.45) is 0 Å². The van der Waals surface area contributed by atoms with Crippen LogP contribution in [0.4, 0.5) is 0 Å². The van der Waals surface area contributed by atoms with Gasteiger partial charge < -0.3 is 14.4 Å². The molecule has 0 aliphatic carbocycles. The number of rotatable bonds is 4. The minimum Gasteiger partial charge on any atom is -0.480 e. The molecule has 2 aliphatic heterocycles. The first kappa shape index (κ1) is 19.0. The zero-order valence-corrected chi connectivity index (χ0v) is 17.1. The monoisotopic (exact) mass is 407 g/mol. The summed E-state index contributed by atoms with van der Waals surface area (Å²) in [5.41, 5.74) is 4.33. The summed E-state index contributed by atoms with van der Waals surface area (Å²) in [6.07, 6.45) is 5.25. The summed E-state index contributed by atoms with van der Waals surface area (Å²) in [4.78, 5) is 24.0. The highest BCUT2D eigenvalue weighted by Gasteiger charge is 2.43. The lowest BCUT2D eigenvalue weighted by atomic mass is 9.83. The lowest BCUT2D eigenvalue weighted by molar-refractivity contribution is -0.141. The van der Waals surface area contributed by atoms with E-state index in [1.807, 2.05) is 35.4 Å². The number of carbonyl (C=O) groups excluding carboxylic acids is 1. The number of hydrogen-bond acceptors (Lipinski definition) is 6. The molecular weight excluding hydrogens is 382 g/mol. The number of carbonyl (C=O) groups is 1. The Kier molecular flexibility index (Phi) is 4.86. The van der Waals surface area contributed by atoms with Gasteiger partial charge in [-0.05, 0) is 37.0 Å². The molecule has 1 aromatic carbocycles. The zero-order chi connectivity index (χ0) is 20.6. The topological polar surface area (TPSA) is 93.2 Å². The van der Waals surface area contributed by atoms with Gasteiger partial charge in [0.2, 0.25) is 11.8 Å². The number of piperidine rings is 1. The molecule has 3 aromatic rings. The molecule has 1 saturated heterocycles. The number of aromatic nitrogens is 4. The third-order valence-electron chi connectivity index (χ3n) is 6.22. The number of aryl methyl sites for hydroxylation is 1. The van der Waals surface area contributed by atoms with Gasteiger partial charge in [0.25, 0.3) is 0 Å². The van der Waals surface area contributed by atoms with Gasteiger partial charge in [0.05, 0.1) is 36.6 Å². The van der Waals surface area contributed by atoms with Gasteiger partial charge >= 0.3 is 0 Å². The molecule has 156 valence electrons. The van der Waals surface area contributed by atoms with Gasteiger partial charge in [-0.2, -0.15) is 5.10 Å². The van der Waals surface area contributed by atoms with Crippen molar-refractivity contribution in [3.05, 3.63) is 47.4 Å². The van der Waals surface area contributed by atoms with E-state index in [0.717, 1.165) is 41.7 Å². The first-order valence-electron chi connectivity index (χ1n) is 10.4. The van der Waals surface area contributed by atoms with Crippen LogP contribution in [0.3, 0.4) is 0 Å². The number of nitrogens with one attached hydrogen (secondary N) is 1. The number of hydrogen-bond donors (Lipinski definition) is 1. The van der Waals surface area contributed by atoms with Gasteiger partial charge in [-0.1, -0.05) is 12.1 Å². The number of methoxy groups -OCH3 is 1. The number of fused-ring (bicyclic) bond motifs is 3. The number of amides is 1. The molecule has 1 fully saturated rings. The summed E-state index contributed by atoms with van der Waals surface area (Å²) in [5.74, 6) is 0.615. The second-order valence-corrected chi connectivity index (χ2v) is 7.91. The Balaban J connectivity index is 1.24. The number of H-pyrrole nitrogens is 1. The van der Waals surface area contributed by atoms with Crippen molar-refractivity contribution in [1.29, 1.82) is 0 Å². The Labute approximate surface area is 174 Å². The molecule has 0 saturated carbocycles. The van der Waals surface area contributed by atoms with E-state index < -0.39 is 0 Å². The maximum atomic E-state index is 12.9. The van der Waals surface area contributed by atoms with E-state index in [1.54, 1.807) is 7.11 Å². The van der Waals surface area contributed by atoms with Crippen LogP contribution in [0.2, 0.25) is 0 Å². The minimum absolute atomic E-state index is 0.127. The number of likely N-dealkylation sites (tertiary alicyclic amines) is 1. The standard InChI is InChI=1S/C22H25N5O3/c1-29-21-18(24-16-4-2-3-5-17(16)25-21)6-7-19(28)27-11-9-22(10-12-27)20-15(8-13-30-22)14-23-26-20/h2-5,14H,6-13H2,1H3,(H,23,26). The van der Waals surface area contributed by atoms with Crippen molar-refractivity contribution < 1.29 is 14.3 Å². The van der Waals surface area contributed by atoms with Crippen molar-refractivity contribution in [2.45, 2.75) is 37.7 Å². The second-order valence-electron chi connectivity index (χ2n) is 7.91. The number of benzene rings is 1. The fraction of sp³-hybridized carbons (Fsp3) is 0.455. The smallest absolute Gasteiger partial charge is 0.235 e. The molecule has 2 aliphatic rings. The zero-order valence-electron chi connectivity index (χ0n) is 17.1. The first-order chi connectivity index (χ1) is 14.7. The van der Waals surface area contributed by atoms with Crippen LogP contribution in [0.5, 0.6) is 5.88 Å². The molecule has 5 rings (SSSR count). The predicted octanol–water partition coefficient (Wildman–Crippen LogP) is 2.38. The number of ether oxygens (including phenoxy) is 2. The van der Waals surface area contributed by atoms with Gasteiger partial charge in [0, 0.05) is 25.9 Å². The molecule has 8 nitrogen and oxygen atoms in total. The number of para-hydroxylation sites is 2. The van der Waals surface area contributed by atoms with Crippen LogP contribution in [0.25, 0.3) is 11.0 Å². The lowest BCUT2D eigenvalue weighted by Gasteiger charge is -2.43. The number of aromatic amines is 1. The van der Waals surface area contributed by atoms with Crippen LogP contribution in [0, 0.1) is 0 Å². The lowest BCUT2D eigenvalue weighted by Crippen LogP contribution is -2.48. The maximum absolute atomic E-state index is 12.9. The van der Waals surface area contributed by atoms with Crippen molar-refractivity contribution >= 4 is 16.9 Å². The summed E-state index contributed by atoms with van der Waals surface area (Å²) in [7, 11) is 1.59. The molecule has 0 radical (unpaired) electrons. The van der Waals surface area contributed by atoms with Gasteiger partial charge in [-0.3, -0.25) is 9.89 Å². The molecule has 1 N–H and O–H groups in total. The Hall–Kier alpha value is -3.00. The Bertz CT molecular complexity index is 1070. The van der Waals surface area contributed by atoms with Crippen LogP contribution in [0.1, 0.15) is 36.2 Å². The molecule has 1 amide bonds. The van der Waals surface area contributed by atoms with E-state index in [-0.39, 0.29) is 11.5 Å². The number of nitrogens with zero attached hydrogens (tertiary/aromatic N) is 4. The molecular formula is C22H25N5O3. The van der Waals surface area contributed by atoms with Crippen LogP contribution < -0.4 is 4.74 Å². The summed E-state index contributed by atoms with van der Waals surface area (Å²) in [6, 6.07) is 7.68. The first-order valence-corrected chi connectivity index (χ1v) is 10.4. The van der Waals surface area contributed by atoms with E-state index >= 15 is 0 Å². The largest absolute Gasteiger partial charge is 0.480 e. The van der Waals surface area contributed by atoms with Gasteiger partial charge in [0.1, 0.15) is 11.3 Å². The predicted molar refractivity (Wildman–Crippen MR) is 110 cm³/mol. The fourth-order valence-corrected chi connectivity index (χ4v) is 4.57. The van der Waals surface area contributed by atoms with Gasteiger partial charge in [0.15, 0.2) is 0 Å². The normalized spacial score (nSPS) is 17.8. The van der Waals surface area contributed by atoms with Gasteiger partial charge in [-0.25, -0.2) is 9.97 Å². The Morgan fingerprint density at radius 3 is 2.77 bits per heavy atom. The molecule has 0 bridgehead atoms. The highest BCUT2D eigenvalue weighted by atomic mass is 16.5. The third-order valence-corrected chi connectivity index (χ3v) is 6.22. The fourth-order valence-electron chi connectivity index (χ4n) is 4.57. The Morgan fingerprint density at radius 1 is 1.23 bits per heavy atom. The summed E-state index contributed by atoms with van der Waals surface area (Å²) in [5, 5.41) is 7.33. The average molecular weight is 407 g/mol. The highest BCUT2D eigenvalue weighted by molar-refractivity contribution is 5.77. The molecule has 30 heavy (non-hydrogen) atoms. The van der Waals surface area contributed by atoms with E-state index in [1.165, 1.54) is 5.56 Å². The summed E-state index contributed by atoms with van der Waals surface area (Å²) >= 11 is 0. The van der Waals surface area contributed by atoms with E-state index in [9.17, 15) is 4.79 Å². The van der Waals surface area contributed by atoms with Crippen molar-refractivity contribution in [2.75, 3.05) is 26.8 Å². The molecule has 4 heterocycles. The highest BCUT2D eigenvalue weighted by Crippen LogP contribution is 2.40. The second kappa shape index (κ2) is 7.68. The van der Waals surface area contributed by atoms with Crippen LogP contribution in [0.15, 0.2) is 30.5 Å². The molecule has 0 unspecified atom stereocenters. The summed E-state index contributed by atoms with van der Waals surface area (Å²) in [6.45, 7) is 2.07. The Morgan fingerprint density at radius 2 is 2.00 bits per heavy atom. The van der Waals surface area contributed by atoms with E-state index in [2.05, 4.69) is 20.2 Å². The third kappa shape index (κ3) is 3.31.